The Morgan fingerprint density at radius 3 is 2.62 bits per heavy atom. The number of aliphatic imine (C=N–C) groups is 1. The molecule has 1 saturated heterocycles. The SMILES string of the molecule is CC1Cc2cc([N+](=O)[O-])ccc2N=C1N1CCCCCC1. The van der Waals surface area contributed by atoms with E-state index < -0.39 is 0 Å². The van der Waals surface area contributed by atoms with Gasteiger partial charge in [0.15, 0.2) is 0 Å². The fraction of sp³-hybridized carbons (Fsp3) is 0.562. The molecule has 1 aromatic rings. The normalized spacial score (nSPS) is 22.2. The number of nitrogens with zero attached hydrogens (tertiary/aromatic N) is 3. The Balaban J connectivity index is 1.90. The second-order valence-electron chi connectivity index (χ2n) is 6.05. The van der Waals surface area contributed by atoms with Crippen LogP contribution in [0.25, 0.3) is 0 Å². The fourth-order valence-corrected chi connectivity index (χ4v) is 3.29. The molecule has 0 aliphatic carbocycles. The molecule has 5 nitrogen and oxygen atoms in total. The van der Waals surface area contributed by atoms with E-state index in [1.54, 1.807) is 18.2 Å². The first-order chi connectivity index (χ1) is 10.1. The average Bonchev–Trinajstić information content (AvgIpc) is 2.74. The van der Waals surface area contributed by atoms with E-state index in [-0.39, 0.29) is 10.6 Å². The van der Waals surface area contributed by atoms with Gasteiger partial charge in [0.2, 0.25) is 0 Å². The molecule has 0 aromatic heterocycles. The third-order valence-corrected chi connectivity index (χ3v) is 4.41. The number of benzene rings is 1. The zero-order valence-electron chi connectivity index (χ0n) is 12.4. The van der Waals surface area contributed by atoms with Crippen molar-refractivity contribution in [3.8, 4) is 0 Å². The van der Waals surface area contributed by atoms with Crippen molar-refractivity contribution < 1.29 is 4.92 Å². The zero-order chi connectivity index (χ0) is 14.8. The van der Waals surface area contributed by atoms with Crippen molar-refractivity contribution in [1.82, 2.24) is 4.90 Å². The van der Waals surface area contributed by atoms with E-state index in [0.29, 0.717) is 5.92 Å². The molecule has 0 saturated carbocycles. The van der Waals surface area contributed by atoms with Crippen molar-refractivity contribution in [3.63, 3.8) is 0 Å². The number of rotatable bonds is 1. The monoisotopic (exact) mass is 287 g/mol. The molecule has 5 heteroatoms. The summed E-state index contributed by atoms with van der Waals surface area (Å²) < 4.78 is 0. The van der Waals surface area contributed by atoms with E-state index in [0.717, 1.165) is 30.8 Å². The molecule has 1 unspecified atom stereocenters. The van der Waals surface area contributed by atoms with Crippen LogP contribution in [0.3, 0.4) is 0 Å². The van der Waals surface area contributed by atoms with Gasteiger partial charge in [-0.1, -0.05) is 19.8 Å². The standard InChI is InChI=1S/C16H21N3O2/c1-12-10-13-11-14(19(20)21)6-7-15(13)17-16(12)18-8-4-2-3-5-9-18/h6-7,11-12H,2-5,8-10H2,1H3. The lowest BCUT2D eigenvalue weighted by Crippen LogP contribution is -2.38. The molecule has 21 heavy (non-hydrogen) atoms. The Hall–Kier alpha value is -1.91. The number of non-ortho nitro benzene ring substituents is 1. The second-order valence-corrected chi connectivity index (χ2v) is 6.05. The summed E-state index contributed by atoms with van der Waals surface area (Å²) in [7, 11) is 0. The van der Waals surface area contributed by atoms with Gasteiger partial charge in [0.1, 0.15) is 5.84 Å². The number of nitro benzene ring substituents is 1. The third-order valence-electron chi connectivity index (χ3n) is 4.41. The molecule has 1 atom stereocenters. The highest BCUT2D eigenvalue weighted by Crippen LogP contribution is 2.32. The van der Waals surface area contributed by atoms with E-state index in [1.807, 2.05) is 0 Å². The minimum absolute atomic E-state index is 0.161. The van der Waals surface area contributed by atoms with Gasteiger partial charge >= 0.3 is 0 Å². The largest absolute Gasteiger partial charge is 0.360 e. The predicted octanol–water partition coefficient (Wildman–Crippen LogP) is 3.69. The van der Waals surface area contributed by atoms with Gasteiger partial charge in [-0.05, 0) is 30.9 Å². The number of hydrogen-bond donors (Lipinski definition) is 0. The summed E-state index contributed by atoms with van der Waals surface area (Å²) in [6, 6.07) is 5.02. The summed E-state index contributed by atoms with van der Waals surface area (Å²) in [6.45, 7) is 4.35. The maximum absolute atomic E-state index is 10.9. The topological polar surface area (TPSA) is 58.7 Å². The van der Waals surface area contributed by atoms with Crippen LogP contribution in [0.5, 0.6) is 0 Å². The maximum atomic E-state index is 10.9. The Kier molecular flexibility index (Phi) is 3.90. The van der Waals surface area contributed by atoms with E-state index in [9.17, 15) is 10.1 Å². The highest BCUT2D eigenvalue weighted by molar-refractivity contribution is 5.89. The van der Waals surface area contributed by atoms with Gasteiger partial charge in [-0.2, -0.15) is 0 Å². The molecule has 1 aromatic carbocycles. The first-order valence-electron chi connectivity index (χ1n) is 7.76. The molecule has 0 spiro atoms. The Morgan fingerprint density at radius 2 is 1.95 bits per heavy atom. The zero-order valence-corrected chi connectivity index (χ0v) is 12.4. The molecule has 2 aliphatic rings. The van der Waals surface area contributed by atoms with Crippen molar-refractivity contribution in [1.29, 1.82) is 0 Å². The minimum Gasteiger partial charge on any atom is -0.360 e. The van der Waals surface area contributed by atoms with Crippen molar-refractivity contribution in [2.75, 3.05) is 13.1 Å². The summed E-state index contributed by atoms with van der Waals surface area (Å²) in [5.41, 5.74) is 2.06. The fourth-order valence-electron chi connectivity index (χ4n) is 3.29. The summed E-state index contributed by atoms with van der Waals surface area (Å²) in [6.07, 6.45) is 5.92. The lowest BCUT2D eigenvalue weighted by molar-refractivity contribution is -0.384. The van der Waals surface area contributed by atoms with Crippen LogP contribution in [0.4, 0.5) is 11.4 Å². The molecular formula is C16H21N3O2. The first kappa shape index (κ1) is 14.0. The van der Waals surface area contributed by atoms with Gasteiger partial charge in [0, 0.05) is 31.1 Å². The van der Waals surface area contributed by atoms with Crippen molar-refractivity contribution in [3.05, 3.63) is 33.9 Å². The molecule has 3 rings (SSSR count). The van der Waals surface area contributed by atoms with Crippen LogP contribution in [0.1, 0.15) is 38.2 Å². The van der Waals surface area contributed by atoms with E-state index in [4.69, 9.17) is 4.99 Å². The molecule has 0 amide bonds. The molecule has 0 bridgehead atoms. The van der Waals surface area contributed by atoms with Gasteiger partial charge in [-0.25, -0.2) is 4.99 Å². The maximum Gasteiger partial charge on any atom is 0.269 e. The highest BCUT2D eigenvalue weighted by Gasteiger charge is 2.25. The number of nitro groups is 1. The van der Waals surface area contributed by atoms with Gasteiger partial charge in [-0.15, -0.1) is 0 Å². The van der Waals surface area contributed by atoms with E-state index in [1.165, 1.54) is 31.5 Å². The second kappa shape index (κ2) is 5.84. The molecular weight excluding hydrogens is 266 g/mol. The Bertz CT molecular complexity index is 575. The minimum atomic E-state index is -0.334. The summed E-state index contributed by atoms with van der Waals surface area (Å²) in [5.74, 6) is 1.50. The van der Waals surface area contributed by atoms with Gasteiger partial charge in [-0.3, -0.25) is 10.1 Å². The molecule has 2 aliphatic heterocycles. The van der Waals surface area contributed by atoms with E-state index >= 15 is 0 Å². The van der Waals surface area contributed by atoms with E-state index in [2.05, 4.69) is 11.8 Å². The smallest absolute Gasteiger partial charge is 0.269 e. The first-order valence-corrected chi connectivity index (χ1v) is 7.76. The van der Waals surface area contributed by atoms with Crippen molar-refractivity contribution in [2.24, 2.45) is 10.9 Å². The quantitative estimate of drug-likeness (QED) is 0.584. The summed E-state index contributed by atoms with van der Waals surface area (Å²) in [5, 5.41) is 10.9. The molecule has 112 valence electrons. The van der Waals surface area contributed by atoms with Gasteiger partial charge in [0.25, 0.3) is 5.69 Å². The Labute approximate surface area is 124 Å². The number of hydrogen-bond acceptors (Lipinski definition) is 4. The lowest BCUT2D eigenvalue weighted by atomic mass is 9.94. The molecule has 2 heterocycles. The van der Waals surface area contributed by atoms with Gasteiger partial charge < -0.3 is 4.90 Å². The van der Waals surface area contributed by atoms with Crippen molar-refractivity contribution >= 4 is 17.2 Å². The Morgan fingerprint density at radius 1 is 1.24 bits per heavy atom. The van der Waals surface area contributed by atoms with Crippen LogP contribution in [-0.2, 0) is 6.42 Å². The molecule has 1 fully saturated rings. The van der Waals surface area contributed by atoms with Crippen LogP contribution >= 0.6 is 0 Å². The average molecular weight is 287 g/mol. The van der Waals surface area contributed by atoms with Crippen LogP contribution in [-0.4, -0.2) is 28.7 Å². The lowest BCUT2D eigenvalue weighted by Gasteiger charge is -2.31. The molecule has 0 radical (unpaired) electrons. The highest BCUT2D eigenvalue weighted by atomic mass is 16.6. The van der Waals surface area contributed by atoms with Crippen molar-refractivity contribution in [2.45, 2.75) is 39.0 Å². The number of fused-ring (bicyclic) bond motifs is 1. The summed E-state index contributed by atoms with van der Waals surface area (Å²) in [4.78, 5) is 17.8. The van der Waals surface area contributed by atoms with Crippen LogP contribution < -0.4 is 0 Å². The number of amidine groups is 1. The van der Waals surface area contributed by atoms with Crippen LogP contribution in [0, 0.1) is 16.0 Å². The predicted molar refractivity (Wildman–Crippen MR) is 83.1 cm³/mol. The van der Waals surface area contributed by atoms with Crippen LogP contribution in [0.15, 0.2) is 23.2 Å². The third kappa shape index (κ3) is 2.91. The summed E-state index contributed by atoms with van der Waals surface area (Å²) >= 11 is 0. The van der Waals surface area contributed by atoms with Gasteiger partial charge in [0.05, 0.1) is 10.6 Å². The molecule has 0 N–H and O–H groups in total. The van der Waals surface area contributed by atoms with Crippen LogP contribution in [0.2, 0.25) is 0 Å². The number of likely N-dealkylation sites (tertiary alicyclic amines) is 1.